The highest BCUT2D eigenvalue weighted by atomic mass is 32.1. The first-order valence-corrected chi connectivity index (χ1v) is 9.02. The summed E-state index contributed by atoms with van der Waals surface area (Å²) in [5.41, 5.74) is 0. The smallest absolute Gasteiger partial charge is 0.185 e. The van der Waals surface area contributed by atoms with Gasteiger partial charge in [-0.1, -0.05) is 20.8 Å². The quantitative estimate of drug-likeness (QED) is 0.799. The number of anilines is 1. The molecule has 5 heteroatoms. The fourth-order valence-corrected chi connectivity index (χ4v) is 3.46. The van der Waals surface area contributed by atoms with Gasteiger partial charge >= 0.3 is 0 Å². The Kier molecular flexibility index (Phi) is 6.93. The normalized spacial score (nSPS) is 19.4. The Morgan fingerprint density at radius 1 is 1.52 bits per heavy atom. The third-order valence-corrected chi connectivity index (χ3v) is 4.66. The van der Waals surface area contributed by atoms with Crippen LogP contribution in [0.1, 0.15) is 44.9 Å². The molecule has 0 amide bonds. The van der Waals surface area contributed by atoms with Crippen molar-refractivity contribution in [3.63, 3.8) is 0 Å². The summed E-state index contributed by atoms with van der Waals surface area (Å²) >= 11 is 1.81. The zero-order chi connectivity index (χ0) is 15.1. The van der Waals surface area contributed by atoms with Crippen molar-refractivity contribution in [1.29, 1.82) is 0 Å². The number of thiazole rings is 1. The lowest BCUT2D eigenvalue weighted by Gasteiger charge is -2.32. The highest BCUT2D eigenvalue weighted by Gasteiger charge is 2.22. The van der Waals surface area contributed by atoms with Crippen LogP contribution in [0.2, 0.25) is 0 Å². The predicted octanol–water partition coefficient (Wildman–Crippen LogP) is 3.28. The molecule has 0 bridgehead atoms. The van der Waals surface area contributed by atoms with Crippen LogP contribution in [0.5, 0.6) is 0 Å². The molecule has 1 atom stereocenters. The van der Waals surface area contributed by atoms with Crippen molar-refractivity contribution in [3.05, 3.63) is 11.1 Å². The third-order valence-electron chi connectivity index (χ3n) is 3.60. The molecule has 1 N–H and O–H groups in total. The maximum absolute atomic E-state index is 5.90. The van der Waals surface area contributed by atoms with E-state index in [9.17, 15) is 0 Å². The molecule has 120 valence electrons. The van der Waals surface area contributed by atoms with Gasteiger partial charge in [-0.15, -0.1) is 11.3 Å². The molecule has 0 aliphatic carbocycles. The van der Waals surface area contributed by atoms with Crippen molar-refractivity contribution >= 4 is 16.5 Å². The topological polar surface area (TPSA) is 37.4 Å². The van der Waals surface area contributed by atoms with E-state index in [2.05, 4.69) is 36.0 Å². The van der Waals surface area contributed by atoms with Crippen molar-refractivity contribution in [1.82, 2.24) is 10.3 Å². The lowest BCUT2D eigenvalue weighted by atomic mass is 10.1. The van der Waals surface area contributed by atoms with E-state index in [0.717, 1.165) is 44.3 Å². The predicted molar refractivity (Wildman–Crippen MR) is 90.1 cm³/mol. The number of aromatic nitrogens is 1. The third kappa shape index (κ3) is 5.57. The first kappa shape index (κ1) is 16.7. The minimum atomic E-state index is 0.380. The highest BCUT2D eigenvalue weighted by Crippen LogP contribution is 2.26. The fraction of sp³-hybridized carbons (Fsp3) is 0.812. The number of ether oxygens (including phenoxy) is 1. The summed E-state index contributed by atoms with van der Waals surface area (Å²) in [4.78, 5) is 8.31. The van der Waals surface area contributed by atoms with Crippen molar-refractivity contribution < 1.29 is 4.74 Å². The number of hydrogen-bond donors (Lipinski definition) is 1. The van der Waals surface area contributed by atoms with Crippen LogP contribution in [0.3, 0.4) is 0 Å². The summed E-state index contributed by atoms with van der Waals surface area (Å²) in [6, 6.07) is 0. The molecule has 2 rings (SSSR count). The number of rotatable bonds is 8. The molecular formula is C16H29N3OS. The zero-order valence-electron chi connectivity index (χ0n) is 13.6. The van der Waals surface area contributed by atoms with E-state index in [1.807, 2.05) is 17.5 Å². The molecule has 0 saturated carbocycles. The van der Waals surface area contributed by atoms with Gasteiger partial charge in [0, 0.05) is 37.3 Å². The van der Waals surface area contributed by atoms with Gasteiger partial charge in [-0.25, -0.2) is 4.98 Å². The number of hydrogen-bond acceptors (Lipinski definition) is 5. The molecule has 0 aromatic carbocycles. The van der Waals surface area contributed by atoms with Crippen molar-refractivity contribution in [2.75, 3.05) is 31.1 Å². The summed E-state index contributed by atoms with van der Waals surface area (Å²) < 4.78 is 5.90. The molecule has 1 saturated heterocycles. The molecule has 21 heavy (non-hydrogen) atoms. The standard InChI is InChI=1S/C16H29N3OS/c1-4-8-20-14-6-5-7-19(12-14)16-18-11-15(21-16)10-17-9-13(2)3/h11,13-14,17H,4-10,12H2,1-3H3. The van der Waals surface area contributed by atoms with Gasteiger partial charge in [0.2, 0.25) is 0 Å². The maximum atomic E-state index is 5.90. The largest absolute Gasteiger partial charge is 0.376 e. The van der Waals surface area contributed by atoms with E-state index in [0.29, 0.717) is 12.0 Å². The van der Waals surface area contributed by atoms with Crippen LogP contribution in [0.25, 0.3) is 0 Å². The second kappa shape index (κ2) is 8.71. The molecule has 4 nitrogen and oxygen atoms in total. The van der Waals surface area contributed by atoms with Crippen molar-refractivity contribution in [2.45, 2.75) is 52.7 Å². The number of nitrogens with zero attached hydrogens (tertiary/aromatic N) is 2. The molecule has 1 aliphatic rings. The maximum Gasteiger partial charge on any atom is 0.185 e. The second-order valence-corrected chi connectivity index (χ2v) is 7.31. The lowest BCUT2D eigenvalue weighted by Crippen LogP contribution is -2.39. The fourth-order valence-electron chi connectivity index (χ4n) is 2.54. The monoisotopic (exact) mass is 311 g/mol. The zero-order valence-corrected chi connectivity index (χ0v) is 14.4. The minimum Gasteiger partial charge on any atom is -0.376 e. The van der Waals surface area contributed by atoms with E-state index in [1.165, 1.54) is 17.7 Å². The Morgan fingerprint density at radius 3 is 3.14 bits per heavy atom. The van der Waals surface area contributed by atoms with Crippen LogP contribution in [-0.4, -0.2) is 37.3 Å². The second-order valence-electron chi connectivity index (χ2n) is 6.21. The summed E-state index contributed by atoms with van der Waals surface area (Å²) in [7, 11) is 0. The molecule has 0 spiro atoms. The first-order valence-electron chi connectivity index (χ1n) is 8.21. The van der Waals surface area contributed by atoms with Crippen LogP contribution in [-0.2, 0) is 11.3 Å². The average Bonchev–Trinajstić information content (AvgIpc) is 2.94. The highest BCUT2D eigenvalue weighted by molar-refractivity contribution is 7.15. The van der Waals surface area contributed by atoms with Gasteiger partial charge in [0.1, 0.15) is 0 Å². The van der Waals surface area contributed by atoms with Crippen LogP contribution in [0.4, 0.5) is 5.13 Å². The van der Waals surface area contributed by atoms with E-state index in [-0.39, 0.29) is 0 Å². The molecular weight excluding hydrogens is 282 g/mol. The number of nitrogens with one attached hydrogen (secondary N) is 1. The molecule has 2 heterocycles. The molecule has 1 unspecified atom stereocenters. The van der Waals surface area contributed by atoms with Gasteiger partial charge in [-0.3, -0.25) is 0 Å². The van der Waals surface area contributed by atoms with E-state index >= 15 is 0 Å². The Hall–Kier alpha value is -0.650. The van der Waals surface area contributed by atoms with Gasteiger partial charge in [-0.2, -0.15) is 0 Å². The lowest BCUT2D eigenvalue weighted by molar-refractivity contribution is 0.0440. The van der Waals surface area contributed by atoms with Gasteiger partial charge in [-0.05, 0) is 31.7 Å². The summed E-state index contributed by atoms with van der Waals surface area (Å²) in [5, 5.41) is 4.64. The summed E-state index contributed by atoms with van der Waals surface area (Å²) in [5.74, 6) is 0.691. The number of piperidine rings is 1. The van der Waals surface area contributed by atoms with Gasteiger partial charge < -0.3 is 15.0 Å². The van der Waals surface area contributed by atoms with Gasteiger partial charge in [0.25, 0.3) is 0 Å². The molecule has 1 aromatic rings. The average molecular weight is 311 g/mol. The van der Waals surface area contributed by atoms with E-state index in [4.69, 9.17) is 4.74 Å². The Bertz CT molecular complexity index is 408. The van der Waals surface area contributed by atoms with Crippen LogP contribution < -0.4 is 10.2 Å². The Labute approximate surface area is 132 Å². The minimum absolute atomic E-state index is 0.380. The Morgan fingerprint density at radius 2 is 2.38 bits per heavy atom. The van der Waals surface area contributed by atoms with E-state index < -0.39 is 0 Å². The van der Waals surface area contributed by atoms with Crippen LogP contribution >= 0.6 is 11.3 Å². The van der Waals surface area contributed by atoms with Crippen LogP contribution in [0.15, 0.2) is 6.20 Å². The molecule has 0 radical (unpaired) electrons. The van der Waals surface area contributed by atoms with Crippen molar-refractivity contribution in [2.24, 2.45) is 5.92 Å². The van der Waals surface area contributed by atoms with E-state index in [1.54, 1.807) is 0 Å². The Balaban J connectivity index is 1.82. The summed E-state index contributed by atoms with van der Waals surface area (Å²) in [6.07, 6.45) is 5.88. The van der Waals surface area contributed by atoms with Crippen LogP contribution in [0, 0.1) is 5.92 Å². The first-order chi connectivity index (χ1) is 10.2. The van der Waals surface area contributed by atoms with Gasteiger partial charge in [0.15, 0.2) is 5.13 Å². The van der Waals surface area contributed by atoms with Gasteiger partial charge in [0.05, 0.1) is 6.10 Å². The molecule has 1 aliphatic heterocycles. The molecule has 1 aromatic heterocycles. The van der Waals surface area contributed by atoms with Crippen molar-refractivity contribution in [3.8, 4) is 0 Å². The molecule has 1 fully saturated rings. The summed E-state index contributed by atoms with van der Waals surface area (Å²) in [6.45, 7) is 11.6. The SMILES string of the molecule is CCCOC1CCCN(c2ncc(CNCC(C)C)s2)C1.